The lowest BCUT2D eigenvalue weighted by atomic mass is 10.0. The second-order valence-corrected chi connectivity index (χ2v) is 5.95. The fourth-order valence-electron chi connectivity index (χ4n) is 2.11. The van der Waals surface area contributed by atoms with Gasteiger partial charge in [-0.1, -0.05) is 25.1 Å². The average Bonchev–Trinajstić information content (AvgIpc) is 2.44. The van der Waals surface area contributed by atoms with E-state index in [1.54, 1.807) is 7.11 Å². The molecule has 21 heavy (non-hydrogen) atoms. The second kappa shape index (κ2) is 8.15. The zero-order chi connectivity index (χ0) is 15.9. The Balaban J connectivity index is 2.77. The highest BCUT2D eigenvalue weighted by atomic mass is 16.5. The van der Waals surface area contributed by atoms with Crippen LogP contribution >= 0.6 is 0 Å². The molecule has 0 fully saturated rings. The van der Waals surface area contributed by atoms with Crippen LogP contribution in [0.5, 0.6) is 0 Å². The third-order valence-electron chi connectivity index (χ3n) is 3.54. The number of nitrogens with one attached hydrogen (secondary N) is 2. The van der Waals surface area contributed by atoms with E-state index >= 15 is 0 Å². The Morgan fingerprint density at radius 2 is 2.00 bits per heavy atom. The molecule has 4 heteroatoms. The van der Waals surface area contributed by atoms with Crippen LogP contribution in [0.4, 0.5) is 5.69 Å². The van der Waals surface area contributed by atoms with Gasteiger partial charge < -0.3 is 15.4 Å². The Morgan fingerprint density at radius 1 is 1.33 bits per heavy atom. The zero-order valence-electron chi connectivity index (χ0n) is 13.8. The van der Waals surface area contributed by atoms with Crippen LogP contribution in [0.3, 0.4) is 0 Å². The molecule has 1 atom stereocenters. The summed E-state index contributed by atoms with van der Waals surface area (Å²) in [5.74, 6) is -0.0306. The van der Waals surface area contributed by atoms with Crippen LogP contribution in [0.1, 0.15) is 52.1 Å². The fraction of sp³-hybridized carbons (Fsp3) is 0.588. The highest BCUT2D eigenvalue weighted by Gasteiger charge is 2.22. The van der Waals surface area contributed by atoms with E-state index in [0.29, 0.717) is 6.42 Å². The smallest absolute Gasteiger partial charge is 0.227 e. The molecule has 1 rings (SSSR count). The van der Waals surface area contributed by atoms with Gasteiger partial charge in [0.15, 0.2) is 0 Å². The van der Waals surface area contributed by atoms with Gasteiger partial charge in [0, 0.05) is 18.8 Å². The van der Waals surface area contributed by atoms with E-state index in [1.807, 2.05) is 38.1 Å². The Labute approximate surface area is 128 Å². The van der Waals surface area contributed by atoms with Crippen molar-refractivity contribution >= 4 is 11.6 Å². The van der Waals surface area contributed by atoms with Crippen LogP contribution in [-0.2, 0) is 9.53 Å². The second-order valence-electron chi connectivity index (χ2n) is 5.95. The summed E-state index contributed by atoms with van der Waals surface area (Å²) in [6.45, 7) is 9.02. The minimum Gasteiger partial charge on any atom is -0.378 e. The normalized spacial score (nSPS) is 13.0. The molecule has 0 aliphatic rings. The zero-order valence-corrected chi connectivity index (χ0v) is 13.8. The summed E-state index contributed by atoms with van der Waals surface area (Å²) < 4.78 is 5.30. The maximum Gasteiger partial charge on any atom is 0.227 e. The van der Waals surface area contributed by atoms with E-state index in [0.717, 1.165) is 24.2 Å². The van der Waals surface area contributed by atoms with Crippen molar-refractivity contribution in [2.24, 2.45) is 0 Å². The molecule has 0 radical (unpaired) electrons. The van der Waals surface area contributed by atoms with Crippen LogP contribution in [0.25, 0.3) is 0 Å². The minimum absolute atomic E-state index is 0.0306. The van der Waals surface area contributed by atoms with E-state index in [9.17, 15) is 4.79 Å². The van der Waals surface area contributed by atoms with E-state index in [-0.39, 0.29) is 11.9 Å². The van der Waals surface area contributed by atoms with E-state index in [1.165, 1.54) is 0 Å². The molecule has 4 nitrogen and oxygen atoms in total. The third kappa shape index (κ3) is 5.86. The Bertz CT molecular complexity index is 458. The van der Waals surface area contributed by atoms with Gasteiger partial charge in [-0.2, -0.15) is 0 Å². The number of hydrogen-bond donors (Lipinski definition) is 2. The van der Waals surface area contributed by atoms with Gasteiger partial charge in [0.05, 0.1) is 12.0 Å². The first-order valence-electron chi connectivity index (χ1n) is 7.57. The van der Waals surface area contributed by atoms with Crippen molar-refractivity contribution < 1.29 is 9.53 Å². The van der Waals surface area contributed by atoms with Gasteiger partial charge in [0.1, 0.15) is 0 Å². The molecule has 0 heterocycles. The molecule has 0 aliphatic heterocycles. The van der Waals surface area contributed by atoms with Crippen LogP contribution in [0.15, 0.2) is 24.3 Å². The maximum absolute atomic E-state index is 12.2. The molecule has 0 bridgehead atoms. The number of carbonyl (C=O) groups excluding carboxylic acids is 1. The van der Waals surface area contributed by atoms with Crippen molar-refractivity contribution in [2.45, 2.75) is 52.2 Å². The van der Waals surface area contributed by atoms with Crippen LogP contribution in [0, 0.1) is 0 Å². The summed E-state index contributed by atoms with van der Waals surface area (Å²) >= 11 is 0. The molecule has 0 aliphatic carbocycles. The molecule has 0 spiro atoms. The quantitative estimate of drug-likeness (QED) is 0.771. The molecule has 0 saturated carbocycles. The Kier molecular flexibility index (Phi) is 6.85. The fourth-order valence-corrected chi connectivity index (χ4v) is 2.11. The number of hydrogen-bond acceptors (Lipinski definition) is 3. The summed E-state index contributed by atoms with van der Waals surface area (Å²) in [4.78, 5) is 12.2. The van der Waals surface area contributed by atoms with Crippen molar-refractivity contribution in [3.8, 4) is 0 Å². The molecule has 118 valence electrons. The monoisotopic (exact) mass is 292 g/mol. The molecule has 1 aromatic rings. The van der Waals surface area contributed by atoms with Gasteiger partial charge in [-0.25, -0.2) is 0 Å². The first-order chi connectivity index (χ1) is 9.89. The topological polar surface area (TPSA) is 50.4 Å². The molecular formula is C17H28N2O2. The summed E-state index contributed by atoms with van der Waals surface area (Å²) in [6, 6.07) is 8.12. The van der Waals surface area contributed by atoms with Gasteiger partial charge in [0.25, 0.3) is 0 Å². The van der Waals surface area contributed by atoms with Crippen LogP contribution in [0.2, 0.25) is 0 Å². The standard InChI is InChI=1S/C17H28N2O2/c1-6-11-18-13(2)14-9-7-8-10-15(14)19-16(20)12-17(3,4)21-5/h7-10,13,18H,6,11-12H2,1-5H3,(H,19,20). The van der Waals surface area contributed by atoms with Crippen molar-refractivity contribution in [1.82, 2.24) is 5.32 Å². The summed E-state index contributed by atoms with van der Waals surface area (Å²) in [5, 5.41) is 6.45. The highest BCUT2D eigenvalue weighted by molar-refractivity contribution is 5.92. The number of rotatable bonds is 8. The molecule has 2 N–H and O–H groups in total. The van der Waals surface area contributed by atoms with Crippen molar-refractivity contribution in [1.29, 1.82) is 0 Å². The molecule has 1 unspecified atom stereocenters. The van der Waals surface area contributed by atoms with Gasteiger partial charge in [0.2, 0.25) is 5.91 Å². The first kappa shape index (κ1) is 17.7. The predicted octanol–water partition coefficient (Wildman–Crippen LogP) is 3.50. The Morgan fingerprint density at radius 3 is 2.62 bits per heavy atom. The number of amides is 1. The minimum atomic E-state index is -0.453. The predicted molar refractivity (Wildman–Crippen MR) is 87.5 cm³/mol. The number of ether oxygens (including phenoxy) is 1. The number of benzene rings is 1. The van der Waals surface area contributed by atoms with Gasteiger partial charge in [-0.05, 0) is 45.4 Å². The van der Waals surface area contributed by atoms with Gasteiger partial charge >= 0.3 is 0 Å². The largest absolute Gasteiger partial charge is 0.378 e. The number of methoxy groups -OCH3 is 1. The molecule has 1 aromatic carbocycles. The number of para-hydroxylation sites is 1. The SMILES string of the molecule is CCCNC(C)c1ccccc1NC(=O)CC(C)(C)OC. The lowest BCUT2D eigenvalue weighted by molar-refractivity contribution is -0.121. The number of anilines is 1. The average molecular weight is 292 g/mol. The van der Waals surface area contributed by atoms with Crippen molar-refractivity contribution in [3.63, 3.8) is 0 Å². The molecule has 1 amide bonds. The molecular weight excluding hydrogens is 264 g/mol. The maximum atomic E-state index is 12.2. The van der Waals surface area contributed by atoms with E-state index in [4.69, 9.17) is 4.74 Å². The van der Waals surface area contributed by atoms with Crippen LogP contribution in [-0.4, -0.2) is 25.2 Å². The van der Waals surface area contributed by atoms with E-state index in [2.05, 4.69) is 24.5 Å². The lowest BCUT2D eigenvalue weighted by Crippen LogP contribution is -2.30. The van der Waals surface area contributed by atoms with Crippen molar-refractivity contribution in [2.75, 3.05) is 19.0 Å². The highest BCUT2D eigenvalue weighted by Crippen LogP contribution is 2.23. The lowest BCUT2D eigenvalue weighted by Gasteiger charge is -2.23. The summed E-state index contributed by atoms with van der Waals surface area (Å²) in [5.41, 5.74) is 1.52. The Hall–Kier alpha value is -1.39. The van der Waals surface area contributed by atoms with Gasteiger partial charge in [-0.3, -0.25) is 4.79 Å². The molecule has 0 aromatic heterocycles. The van der Waals surface area contributed by atoms with E-state index < -0.39 is 5.60 Å². The summed E-state index contributed by atoms with van der Waals surface area (Å²) in [7, 11) is 1.62. The molecule has 0 saturated heterocycles. The van der Waals surface area contributed by atoms with Crippen LogP contribution < -0.4 is 10.6 Å². The summed E-state index contributed by atoms with van der Waals surface area (Å²) in [6.07, 6.45) is 1.41. The first-order valence-corrected chi connectivity index (χ1v) is 7.57. The third-order valence-corrected chi connectivity index (χ3v) is 3.54. The van der Waals surface area contributed by atoms with Gasteiger partial charge in [-0.15, -0.1) is 0 Å². The van der Waals surface area contributed by atoms with Crippen molar-refractivity contribution in [3.05, 3.63) is 29.8 Å². The number of carbonyl (C=O) groups is 1.